The van der Waals surface area contributed by atoms with Gasteiger partial charge in [-0.2, -0.15) is 0 Å². The summed E-state index contributed by atoms with van der Waals surface area (Å²) in [5.74, 6) is -1.68. The molecule has 4 nitrogen and oxygen atoms in total. The lowest BCUT2D eigenvalue weighted by molar-refractivity contribution is -0.132. The highest BCUT2D eigenvalue weighted by molar-refractivity contribution is 7.99. The van der Waals surface area contributed by atoms with Gasteiger partial charge in [0.2, 0.25) is 0 Å². The summed E-state index contributed by atoms with van der Waals surface area (Å²) >= 11 is 7.69. The Labute approximate surface area is 171 Å². The molecule has 0 saturated heterocycles. The first kappa shape index (κ1) is 19.7. The van der Waals surface area contributed by atoms with Crippen LogP contribution in [0.1, 0.15) is 15.9 Å². The first-order chi connectivity index (χ1) is 13.5. The summed E-state index contributed by atoms with van der Waals surface area (Å²) in [5.41, 5.74) is 0.857. The topological polar surface area (TPSA) is 66.4 Å². The highest BCUT2D eigenvalue weighted by Gasteiger charge is 2.13. The Morgan fingerprint density at radius 2 is 1.54 bits per heavy atom. The van der Waals surface area contributed by atoms with Crippen LogP contribution in [0.2, 0.25) is 5.02 Å². The molecule has 0 spiro atoms. The van der Waals surface area contributed by atoms with Crippen molar-refractivity contribution in [3.63, 3.8) is 0 Å². The summed E-state index contributed by atoms with van der Waals surface area (Å²) in [6.45, 7) is 0. The first-order valence-corrected chi connectivity index (χ1v) is 9.56. The third kappa shape index (κ3) is 5.25. The standard InChI is InChI=1S/C22H16ClNO3S/c23-18-8-4-5-9-20(18)28-17-12-10-15(11-13-17)14-19(22(26)27)24-21(25)16-6-2-1-3-7-16/h1-14H,(H,24,25)(H,26,27). The number of carboxylic acids is 1. The number of nitrogens with one attached hydrogen (secondary N) is 1. The molecule has 0 bridgehead atoms. The maximum atomic E-state index is 12.2. The van der Waals surface area contributed by atoms with Crippen molar-refractivity contribution in [2.24, 2.45) is 0 Å². The summed E-state index contributed by atoms with van der Waals surface area (Å²) in [5, 5.41) is 12.5. The molecule has 3 rings (SSSR count). The van der Waals surface area contributed by atoms with Crippen molar-refractivity contribution in [2.75, 3.05) is 0 Å². The molecule has 0 fully saturated rings. The van der Waals surface area contributed by atoms with Gasteiger partial charge >= 0.3 is 5.97 Å². The predicted molar refractivity (Wildman–Crippen MR) is 112 cm³/mol. The number of benzene rings is 3. The molecule has 0 saturated carbocycles. The van der Waals surface area contributed by atoms with Crippen LogP contribution in [0.15, 0.2) is 94.4 Å². The second kappa shape index (κ2) is 9.26. The Hall–Kier alpha value is -3.02. The van der Waals surface area contributed by atoms with Gasteiger partial charge in [-0.05, 0) is 48.0 Å². The average Bonchev–Trinajstić information content (AvgIpc) is 2.71. The van der Waals surface area contributed by atoms with E-state index in [2.05, 4.69) is 5.32 Å². The van der Waals surface area contributed by atoms with Crippen LogP contribution in [0.25, 0.3) is 6.08 Å². The molecule has 0 aromatic heterocycles. The van der Waals surface area contributed by atoms with Gasteiger partial charge in [-0.15, -0.1) is 0 Å². The smallest absolute Gasteiger partial charge is 0.352 e. The van der Waals surface area contributed by atoms with E-state index in [4.69, 9.17) is 11.6 Å². The number of rotatable bonds is 6. The second-order valence-electron chi connectivity index (χ2n) is 5.78. The van der Waals surface area contributed by atoms with Crippen molar-refractivity contribution in [3.8, 4) is 0 Å². The zero-order valence-electron chi connectivity index (χ0n) is 14.6. The quantitative estimate of drug-likeness (QED) is 0.539. The summed E-state index contributed by atoms with van der Waals surface area (Å²) < 4.78 is 0. The summed E-state index contributed by atoms with van der Waals surface area (Å²) in [6.07, 6.45) is 1.42. The van der Waals surface area contributed by atoms with Gasteiger partial charge in [-0.3, -0.25) is 4.79 Å². The third-order valence-corrected chi connectivity index (χ3v) is 5.30. The van der Waals surface area contributed by atoms with E-state index in [1.54, 1.807) is 42.5 Å². The number of amides is 1. The lowest BCUT2D eigenvalue weighted by Crippen LogP contribution is -2.27. The molecule has 0 atom stereocenters. The zero-order chi connectivity index (χ0) is 19.9. The number of halogens is 1. The predicted octanol–water partition coefficient (Wildman–Crippen LogP) is 5.35. The van der Waals surface area contributed by atoms with E-state index in [9.17, 15) is 14.7 Å². The molecule has 0 heterocycles. The largest absolute Gasteiger partial charge is 0.477 e. The Bertz CT molecular complexity index is 1020. The summed E-state index contributed by atoms with van der Waals surface area (Å²) in [7, 11) is 0. The number of carboxylic acid groups (broad SMARTS) is 1. The van der Waals surface area contributed by atoms with Crippen LogP contribution in [-0.2, 0) is 4.79 Å². The minimum absolute atomic E-state index is 0.194. The molecule has 28 heavy (non-hydrogen) atoms. The van der Waals surface area contributed by atoms with Crippen LogP contribution in [0, 0.1) is 0 Å². The molecule has 0 aliphatic carbocycles. The monoisotopic (exact) mass is 409 g/mol. The number of carbonyl (C=O) groups excluding carboxylic acids is 1. The molecule has 0 aliphatic heterocycles. The van der Waals surface area contributed by atoms with Crippen LogP contribution in [-0.4, -0.2) is 17.0 Å². The molecular formula is C22H16ClNO3S. The van der Waals surface area contributed by atoms with E-state index in [-0.39, 0.29) is 5.70 Å². The Kier molecular flexibility index (Phi) is 6.53. The van der Waals surface area contributed by atoms with Crippen molar-refractivity contribution in [1.82, 2.24) is 5.32 Å². The van der Waals surface area contributed by atoms with E-state index >= 15 is 0 Å². The van der Waals surface area contributed by atoms with Crippen molar-refractivity contribution in [3.05, 3.63) is 101 Å². The Morgan fingerprint density at radius 1 is 0.893 bits per heavy atom. The number of carbonyl (C=O) groups is 2. The van der Waals surface area contributed by atoms with E-state index in [0.29, 0.717) is 16.1 Å². The molecule has 140 valence electrons. The van der Waals surface area contributed by atoms with Crippen LogP contribution >= 0.6 is 23.4 Å². The van der Waals surface area contributed by atoms with Crippen molar-refractivity contribution >= 4 is 41.3 Å². The van der Waals surface area contributed by atoms with Crippen LogP contribution in [0.5, 0.6) is 0 Å². The lowest BCUT2D eigenvalue weighted by atomic mass is 10.1. The molecule has 3 aromatic carbocycles. The van der Waals surface area contributed by atoms with Crippen molar-refractivity contribution in [2.45, 2.75) is 9.79 Å². The second-order valence-corrected chi connectivity index (χ2v) is 7.31. The molecular weight excluding hydrogens is 394 g/mol. The van der Waals surface area contributed by atoms with Crippen molar-refractivity contribution in [1.29, 1.82) is 0 Å². The lowest BCUT2D eigenvalue weighted by Gasteiger charge is -2.07. The number of hydrogen-bond donors (Lipinski definition) is 2. The Morgan fingerprint density at radius 3 is 2.18 bits per heavy atom. The van der Waals surface area contributed by atoms with Crippen LogP contribution in [0.4, 0.5) is 0 Å². The number of aliphatic carboxylic acids is 1. The average molecular weight is 410 g/mol. The van der Waals surface area contributed by atoms with Gasteiger partial charge in [0.1, 0.15) is 5.70 Å². The van der Waals surface area contributed by atoms with Gasteiger partial charge in [0.15, 0.2) is 0 Å². The normalized spacial score (nSPS) is 11.1. The maximum Gasteiger partial charge on any atom is 0.352 e. The van der Waals surface area contributed by atoms with E-state index in [0.717, 1.165) is 9.79 Å². The van der Waals surface area contributed by atoms with E-state index < -0.39 is 11.9 Å². The molecule has 0 unspecified atom stereocenters. The Balaban J connectivity index is 1.75. The maximum absolute atomic E-state index is 12.2. The van der Waals surface area contributed by atoms with Gasteiger partial charge < -0.3 is 10.4 Å². The fourth-order valence-corrected chi connectivity index (χ4v) is 3.48. The van der Waals surface area contributed by atoms with Gasteiger partial charge in [0, 0.05) is 15.4 Å². The fraction of sp³-hybridized carbons (Fsp3) is 0. The molecule has 0 aliphatic rings. The van der Waals surface area contributed by atoms with E-state index in [1.807, 2.05) is 36.4 Å². The van der Waals surface area contributed by atoms with Crippen molar-refractivity contribution < 1.29 is 14.7 Å². The van der Waals surface area contributed by atoms with Crippen LogP contribution in [0.3, 0.4) is 0 Å². The summed E-state index contributed by atoms with van der Waals surface area (Å²) in [4.78, 5) is 25.6. The van der Waals surface area contributed by atoms with Gasteiger partial charge in [0.05, 0.1) is 5.02 Å². The molecule has 3 aromatic rings. The van der Waals surface area contributed by atoms with Gasteiger partial charge in [-0.25, -0.2) is 4.79 Å². The molecule has 6 heteroatoms. The van der Waals surface area contributed by atoms with Gasteiger partial charge in [0.25, 0.3) is 5.91 Å². The molecule has 0 radical (unpaired) electrons. The zero-order valence-corrected chi connectivity index (χ0v) is 16.2. The number of hydrogen-bond acceptors (Lipinski definition) is 3. The molecule has 2 N–H and O–H groups in total. The SMILES string of the molecule is O=C(O)C(=Cc1ccc(Sc2ccccc2Cl)cc1)NC(=O)c1ccccc1. The highest BCUT2D eigenvalue weighted by Crippen LogP contribution is 2.33. The van der Waals surface area contributed by atoms with Crippen LogP contribution < -0.4 is 5.32 Å². The minimum Gasteiger partial charge on any atom is -0.477 e. The molecule has 1 amide bonds. The summed E-state index contributed by atoms with van der Waals surface area (Å²) in [6, 6.07) is 23.3. The fourth-order valence-electron chi connectivity index (χ4n) is 2.39. The first-order valence-electron chi connectivity index (χ1n) is 8.37. The van der Waals surface area contributed by atoms with Gasteiger partial charge in [-0.1, -0.05) is 65.8 Å². The highest BCUT2D eigenvalue weighted by atomic mass is 35.5. The minimum atomic E-state index is -1.21. The van der Waals surface area contributed by atoms with E-state index in [1.165, 1.54) is 17.8 Å². The third-order valence-electron chi connectivity index (χ3n) is 3.77.